The zero-order chi connectivity index (χ0) is 8.77. The van der Waals surface area contributed by atoms with E-state index in [1.807, 2.05) is 0 Å². The number of rotatable bonds is 0. The van der Waals surface area contributed by atoms with Gasteiger partial charge in [0.05, 0.1) is 12.0 Å². The highest BCUT2D eigenvalue weighted by Crippen LogP contribution is 2.53. The number of carbonyl (C=O) groups is 1. The molecule has 2 atom stereocenters. The predicted octanol–water partition coefficient (Wildman–Crippen LogP) is 1.99. The maximum atomic E-state index is 11.6. The summed E-state index contributed by atoms with van der Waals surface area (Å²) in [5, 5.41) is 0. The Kier molecular flexibility index (Phi) is 1.67. The van der Waals surface area contributed by atoms with Gasteiger partial charge in [-0.3, -0.25) is 4.79 Å². The molecule has 2 heteroatoms. The summed E-state index contributed by atoms with van der Waals surface area (Å²) in [7, 11) is 0. The summed E-state index contributed by atoms with van der Waals surface area (Å²) in [6.45, 7) is 5.03. The molecule has 1 aliphatic heterocycles. The molecule has 0 unspecified atom stereocenters. The maximum absolute atomic E-state index is 11.6. The van der Waals surface area contributed by atoms with Crippen LogP contribution in [-0.2, 0) is 9.53 Å². The molecule has 12 heavy (non-hydrogen) atoms. The lowest BCUT2D eigenvalue weighted by molar-refractivity contribution is -0.149. The van der Waals surface area contributed by atoms with Crippen molar-refractivity contribution < 1.29 is 9.53 Å². The van der Waals surface area contributed by atoms with Crippen molar-refractivity contribution in [2.75, 3.05) is 6.61 Å². The van der Waals surface area contributed by atoms with Gasteiger partial charge in [-0.05, 0) is 31.1 Å². The van der Waals surface area contributed by atoms with Crippen LogP contribution in [0.1, 0.15) is 33.1 Å². The minimum Gasteiger partial charge on any atom is -0.465 e. The van der Waals surface area contributed by atoms with Crippen LogP contribution in [0.2, 0.25) is 0 Å². The second-order valence-corrected chi connectivity index (χ2v) is 4.31. The molecule has 1 aliphatic carbocycles. The van der Waals surface area contributed by atoms with Gasteiger partial charge in [-0.1, -0.05) is 13.8 Å². The topological polar surface area (TPSA) is 26.3 Å². The first-order chi connectivity index (χ1) is 5.68. The molecule has 0 bridgehead atoms. The molecule has 0 aromatic heterocycles. The number of esters is 1. The highest BCUT2D eigenvalue weighted by Gasteiger charge is 2.55. The van der Waals surface area contributed by atoms with Crippen LogP contribution < -0.4 is 0 Å². The minimum atomic E-state index is -0.0972. The van der Waals surface area contributed by atoms with Crippen molar-refractivity contribution in [3.63, 3.8) is 0 Å². The van der Waals surface area contributed by atoms with E-state index in [0.29, 0.717) is 18.4 Å². The van der Waals surface area contributed by atoms with Crippen LogP contribution >= 0.6 is 0 Å². The molecule has 0 aromatic rings. The lowest BCUT2D eigenvalue weighted by atomic mass is 9.72. The molecule has 2 fully saturated rings. The molecule has 2 nitrogen and oxygen atoms in total. The molecule has 0 radical (unpaired) electrons. The van der Waals surface area contributed by atoms with Crippen molar-refractivity contribution in [3.8, 4) is 0 Å². The number of carbonyl (C=O) groups excluding carboxylic acids is 1. The van der Waals surface area contributed by atoms with Crippen LogP contribution in [0, 0.1) is 17.3 Å². The molecule has 2 aliphatic rings. The Balaban J connectivity index is 2.32. The quantitative estimate of drug-likeness (QED) is 0.517. The van der Waals surface area contributed by atoms with E-state index >= 15 is 0 Å². The second kappa shape index (κ2) is 2.48. The summed E-state index contributed by atoms with van der Waals surface area (Å²) in [6.07, 6.45) is 3.33. The molecular weight excluding hydrogens is 152 g/mol. The summed E-state index contributed by atoms with van der Waals surface area (Å²) >= 11 is 0. The molecular formula is C10H16O2. The first-order valence-electron chi connectivity index (χ1n) is 4.85. The van der Waals surface area contributed by atoms with Crippen molar-refractivity contribution in [2.24, 2.45) is 17.3 Å². The van der Waals surface area contributed by atoms with E-state index in [1.165, 1.54) is 12.8 Å². The average Bonchev–Trinajstić information content (AvgIpc) is 2.53. The van der Waals surface area contributed by atoms with E-state index in [9.17, 15) is 4.79 Å². The third kappa shape index (κ3) is 0.782. The van der Waals surface area contributed by atoms with Crippen LogP contribution in [-0.4, -0.2) is 12.6 Å². The van der Waals surface area contributed by atoms with E-state index in [0.717, 1.165) is 6.42 Å². The minimum absolute atomic E-state index is 0.0694. The van der Waals surface area contributed by atoms with E-state index < -0.39 is 0 Å². The second-order valence-electron chi connectivity index (χ2n) is 4.31. The van der Waals surface area contributed by atoms with Gasteiger partial charge in [-0.25, -0.2) is 0 Å². The normalized spacial score (nSPS) is 39.0. The Hall–Kier alpha value is -0.530. The SMILES string of the molecule is C[C@H]1CC[C@H](C)C12CCOC2=O. The van der Waals surface area contributed by atoms with Gasteiger partial charge in [-0.2, -0.15) is 0 Å². The Labute approximate surface area is 73.3 Å². The monoisotopic (exact) mass is 168 g/mol. The van der Waals surface area contributed by atoms with Crippen molar-refractivity contribution >= 4 is 5.97 Å². The van der Waals surface area contributed by atoms with Crippen molar-refractivity contribution in [2.45, 2.75) is 33.1 Å². The van der Waals surface area contributed by atoms with Crippen LogP contribution in [0.25, 0.3) is 0 Å². The summed E-state index contributed by atoms with van der Waals surface area (Å²) in [6, 6.07) is 0. The standard InChI is InChI=1S/C10H16O2/c1-7-3-4-8(2)10(7)5-6-12-9(10)11/h7-8H,3-6H2,1-2H3/t7-,8-/m0/s1. The fourth-order valence-electron chi connectivity index (χ4n) is 2.95. The molecule has 1 saturated carbocycles. The molecule has 2 rings (SSSR count). The first kappa shape index (κ1) is 8.09. The van der Waals surface area contributed by atoms with E-state index in [4.69, 9.17) is 4.74 Å². The Morgan fingerprint density at radius 2 is 1.92 bits per heavy atom. The molecule has 1 spiro atoms. The molecule has 0 aromatic carbocycles. The molecule has 0 amide bonds. The fraction of sp³-hybridized carbons (Fsp3) is 0.900. The summed E-state index contributed by atoms with van der Waals surface area (Å²) < 4.78 is 5.09. The number of hydrogen-bond acceptors (Lipinski definition) is 2. The molecule has 0 N–H and O–H groups in total. The zero-order valence-corrected chi connectivity index (χ0v) is 7.80. The van der Waals surface area contributed by atoms with Gasteiger partial charge in [0, 0.05) is 0 Å². The van der Waals surface area contributed by atoms with Crippen LogP contribution in [0.15, 0.2) is 0 Å². The first-order valence-corrected chi connectivity index (χ1v) is 4.85. The van der Waals surface area contributed by atoms with E-state index in [1.54, 1.807) is 0 Å². The zero-order valence-electron chi connectivity index (χ0n) is 7.80. The Morgan fingerprint density at radius 3 is 2.33 bits per heavy atom. The summed E-state index contributed by atoms with van der Waals surface area (Å²) in [5.41, 5.74) is -0.0972. The number of ether oxygens (including phenoxy) is 1. The lowest BCUT2D eigenvalue weighted by Gasteiger charge is -2.28. The smallest absolute Gasteiger partial charge is 0.312 e. The van der Waals surface area contributed by atoms with E-state index in [-0.39, 0.29) is 11.4 Å². The van der Waals surface area contributed by atoms with Crippen LogP contribution in [0.5, 0.6) is 0 Å². The Bertz CT molecular complexity index is 200. The highest BCUT2D eigenvalue weighted by atomic mass is 16.5. The van der Waals surface area contributed by atoms with Crippen molar-refractivity contribution in [3.05, 3.63) is 0 Å². The summed E-state index contributed by atoms with van der Waals surface area (Å²) in [4.78, 5) is 11.6. The Morgan fingerprint density at radius 1 is 1.33 bits per heavy atom. The third-order valence-corrected chi connectivity index (χ3v) is 3.92. The van der Waals surface area contributed by atoms with Crippen LogP contribution in [0.4, 0.5) is 0 Å². The highest BCUT2D eigenvalue weighted by molar-refractivity contribution is 5.79. The molecule has 1 saturated heterocycles. The predicted molar refractivity (Wildman–Crippen MR) is 45.6 cm³/mol. The van der Waals surface area contributed by atoms with Gasteiger partial charge in [0.25, 0.3) is 0 Å². The largest absolute Gasteiger partial charge is 0.465 e. The van der Waals surface area contributed by atoms with Crippen molar-refractivity contribution in [1.82, 2.24) is 0 Å². The fourth-order valence-corrected chi connectivity index (χ4v) is 2.95. The summed E-state index contributed by atoms with van der Waals surface area (Å²) in [5.74, 6) is 1.13. The van der Waals surface area contributed by atoms with Gasteiger partial charge < -0.3 is 4.74 Å². The maximum Gasteiger partial charge on any atom is 0.312 e. The number of hydrogen-bond donors (Lipinski definition) is 0. The van der Waals surface area contributed by atoms with E-state index in [2.05, 4.69) is 13.8 Å². The van der Waals surface area contributed by atoms with Gasteiger partial charge >= 0.3 is 5.97 Å². The van der Waals surface area contributed by atoms with Gasteiger partial charge in [0.15, 0.2) is 0 Å². The molecule has 1 heterocycles. The van der Waals surface area contributed by atoms with Gasteiger partial charge in [-0.15, -0.1) is 0 Å². The average molecular weight is 168 g/mol. The third-order valence-electron chi connectivity index (χ3n) is 3.92. The molecule has 68 valence electrons. The number of cyclic esters (lactones) is 1. The van der Waals surface area contributed by atoms with Gasteiger partial charge in [0.1, 0.15) is 0 Å². The lowest BCUT2D eigenvalue weighted by Crippen LogP contribution is -2.34. The van der Waals surface area contributed by atoms with Crippen molar-refractivity contribution in [1.29, 1.82) is 0 Å². The van der Waals surface area contributed by atoms with Gasteiger partial charge in [0.2, 0.25) is 0 Å². The van der Waals surface area contributed by atoms with Crippen LogP contribution in [0.3, 0.4) is 0 Å².